The lowest BCUT2D eigenvalue weighted by molar-refractivity contribution is -0.670. The van der Waals surface area contributed by atoms with Crippen molar-refractivity contribution in [1.82, 2.24) is 14.5 Å². The molecular weight excluding hydrogens is 506 g/mol. The zero-order valence-electron chi connectivity index (χ0n) is 24.0. The lowest BCUT2D eigenvalue weighted by Gasteiger charge is -2.21. The van der Waals surface area contributed by atoms with Gasteiger partial charge < -0.3 is 20.9 Å². The summed E-state index contributed by atoms with van der Waals surface area (Å²) in [6.07, 6.45) is 10.1. The molecule has 1 aromatic carbocycles. The van der Waals surface area contributed by atoms with Crippen molar-refractivity contribution in [3.05, 3.63) is 60.2 Å². The first-order valence-corrected chi connectivity index (χ1v) is 14.1. The number of aromatic nitrogens is 4. The van der Waals surface area contributed by atoms with E-state index in [9.17, 15) is 4.79 Å². The maximum atomic E-state index is 11.8. The van der Waals surface area contributed by atoms with Crippen LogP contribution in [0.5, 0.6) is 0 Å². The number of amides is 1. The van der Waals surface area contributed by atoms with Gasteiger partial charge >= 0.3 is 0 Å². The number of hydrogen-bond acceptors (Lipinski definition) is 5. The average Bonchev–Trinajstić information content (AvgIpc) is 3.39. The third kappa shape index (κ3) is 13.8. The van der Waals surface area contributed by atoms with Gasteiger partial charge in [-0.1, -0.05) is 34.8 Å². The van der Waals surface area contributed by atoms with Crippen molar-refractivity contribution in [2.75, 3.05) is 17.2 Å². The van der Waals surface area contributed by atoms with Crippen molar-refractivity contribution < 1.29 is 9.36 Å². The molecule has 0 spiro atoms. The number of aryl methyl sites for hydroxylation is 3. The first-order chi connectivity index (χ1) is 17.6. The second-order valence-electron chi connectivity index (χ2n) is 9.16. The van der Waals surface area contributed by atoms with E-state index in [1.54, 1.807) is 18.1 Å². The number of fused-ring (bicyclic) bond motifs is 1. The van der Waals surface area contributed by atoms with Crippen LogP contribution >= 0.6 is 11.8 Å². The van der Waals surface area contributed by atoms with E-state index in [1.165, 1.54) is 21.8 Å². The highest BCUT2D eigenvalue weighted by atomic mass is 32.2. The van der Waals surface area contributed by atoms with Crippen LogP contribution in [0, 0.1) is 6.92 Å². The van der Waals surface area contributed by atoms with Crippen LogP contribution in [0.1, 0.15) is 72.8 Å². The van der Waals surface area contributed by atoms with Gasteiger partial charge in [-0.25, -0.2) is 14.5 Å². The number of aromatic amines is 1. The molecule has 39 heavy (non-hydrogen) atoms. The third-order valence-electron chi connectivity index (χ3n) is 5.40. The summed E-state index contributed by atoms with van der Waals surface area (Å²) >= 11 is 1.78. The minimum absolute atomic E-state index is 0. The predicted molar refractivity (Wildman–Crippen MR) is 169 cm³/mol. The number of carbonyl (C=O) groups is 1. The van der Waals surface area contributed by atoms with Crippen molar-refractivity contribution in [3.63, 3.8) is 0 Å². The fourth-order valence-corrected chi connectivity index (χ4v) is 4.68. The summed E-state index contributed by atoms with van der Waals surface area (Å²) in [5, 5.41) is 0. The van der Waals surface area contributed by atoms with Crippen LogP contribution in [-0.2, 0) is 31.7 Å². The van der Waals surface area contributed by atoms with E-state index < -0.39 is 0 Å². The summed E-state index contributed by atoms with van der Waals surface area (Å²) in [4.78, 5) is 22.1. The molecule has 2 atom stereocenters. The zero-order valence-corrected chi connectivity index (χ0v) is 24.8. The van der Waals surface area contributed by atoms with Gasteiger partial charge in [-0.3, -0.25) is 4.79 Å². The van der Waals surface area contributed by atoms with Crippen LogP contribution in [0.25, 0.3) is 0 Å². The highest BCUT2D eigenvalue weighted by molar-refractivity contribution is 7.99. The van der Waals surface area contributed by atoms with Crippen molar-refractivity contribution in [3.8, 4) is 0 Å². The summed E-state index contributed by atoms with van der Waals surface area (Å²) in [5.74, 6) is 1.14. The molecule has 0 saturated heterocycles. The number of anilines is 1. The molecule has 3 aromatic rings. The molecule has 0 aliphatic carbocycles. The van der Waals surface area contributed by atoms with Crippen molar-refractivity contribution >= 4 is 23.4 Å². The number of thioether (sulfide) groups is 1. The Bertz CT molecular complexity index is 1060. The third-order valence-corrected chi connectivity index (χ3v) is 6.46. The maximum Gasteiger partial charge on any atom is 0.241 e. The van der Waals surface area contributed by atoms with E-state index >= 15 is 0 Å². The Morgan fingerprint density at radius 2 is 1.79 bits per heavy atom. The van der Waals surface area contributed by atoms with E-state index in [0.29, 0.717) is 6.42 Å². The number of benzene rings is 1. The smallest absolute Gasteiger partial charge is 0.241 e. The Kier molecular flexibility index (Phi) is 20.1. The number of rotatable bonds is 5. The van der Waals surface area contributed by atoms with Crippen molar-refractivity contribution in [2.24, 2.45) is 25.6 Å². The quantitative estimate of drug-likeness (QED) is 0.371. The average molecular weight is 563 g/mol. The van der Waals surface area contributed by atoms with Gasteiger partial charge in [0, 0.05) is 67.5 Å². The van der Waals surface area contributed by atoms with E-state index in [0.717, 1.165) is 30.8 Å². The summed E-state index contributed by atoms with van der Waals surface area (Å²) < 4.78 is 3.97. The van der Waals surface area contributed by atoms with E-state index in [2.05, 4.69) is 35.1 Å². The SMILES string of the molecule is C.C.CC.CC(N)Cc1c[n+](C)c[nH]1.CC(N)Cc1cncn1C.CCN1C(=O)CCSc2ccc(C)cc21. The zero-order chi connectivity index (χ0) is 28.0. The van der Waals surface area contributed by atoms with Gasteiger partial charge in [0.15, 0.2) is 0 Å². The van der Waals surface area contributed by atoms with Gasteiger partial charge in [-0.05, 0) is 45.4 Å². The molecular formula is C30H56N7OS+. The van der Waals surface area contributed by atoms with Crippen molar-refractivity contribution in [1.29, 1.82) is 0 Å². The Balaban J connectivity index is 0. The molecule has 8 nitrogen and oxygen atoms in total. The van der Waals surface area contributed by atoms with Crippen LogP contribution in [0.15, 0.2) is 48.1 Å². The summed E-state index contributed by atoms with van der Waals surface area (Å²) in [5.41, 5.74) is 15.9. The van der Waals surface area contributed by atoms with Gasteiger partial charge in [0.1, 0.15) is 11.9 Å². The normalized spacial score (nSPS) is 13.3. The highest BCUT2D eigenvalue weighted by Gasteiger charge is 2.20. The van der Waals surface area contributed by atoms with Gasteiger partial charge in [0.2, 0.25) is 12.2 Å². The molecule has 3 heterocycles. The molecule has 1 amide bonds. The Labute approximate surface area is 242 Å². The molecule has 1 aliphatic heterocycles. The minimum Gasteiger partial charge on any atom is -0.338 e. The fourth-order valence-electron chi connectivity index (χ4n) is 3.70. The summed E-state index contributed by atoms with van der Waals surface area (Å²) in [6.45, 7) is 12.8. The van der Waals surface area contributed by atoms with Gasteiger partial charge in [0.25, 0.3) is 0 Å². The second kappa shape index (κ2) is 20.3. The number of nitrogens with two attached hydrogens (primary N) is 2. The summed E-state index contributed by atoms with van der Waals surface area (Å²) in [7, 11) is 3.96. The second-order valence-corrected chi connectivity index (χ2v) is 10.3. The summed E-state index contributed by atoms with van der Waals surface area (Å²) in [6, 6.07) is 6.79. The molecule has 0 fully saturated rings. The Morgan fingerprint density at radius 3 is 2.28 bits per heavy atom. The number of imidazole rings is 2. The number of nitrogens with one attached hydrogen (secondary N) is 1. The molecule has 0 radical (unpaired) electrons. The van der Waals surface area contributed by atoms with Crippen LogP contribution in [-0.4, -0.2) is 44.8 Å². The molecule has 1 aliphatic rings. The lowest BCUT2D eigenvalue weighted by Crippen LogP contribution is -2.30. The van der Waals surface area contributed by atoms with E-state index in [1.807, 2.05) is 81.5 Å². The van der Waals surface area contributed by atoms with Crippen molar-refractivity contribution in [2.45, 2.75) is 92.6 Å². The van der Waals surface area contributed by atoms with E-state index in [4.69, 9.17) is 11.5 Å². The molecule has 2 aromatic heterocycles. The molecule has 9 heteroatoms. The fraction of sp³-hybridized carbons (Fsp3) is 0.567. The largest absolute Gasteiger partial charge is 0.338 e. The molecule has 0 saturated carbocycles. The molecule has 2 unspecified atom stereocenters. The highest BCUT2D eigenvalue weighted by Crippen LogP contribution is 2.34. The maximum absolute atomic E-state index is 11.8. The number of hydrogen-bond donors (Lipinski definition) is 3. The van der Waals surface area contributed by atoms with E-state index in [-0.39, 0.29) is 32.8 Å². The topological polar surface area (TPSA) is 110 Å². The number of carbonyl (C=O) groups excluding carboxylic acids is 1. The van der Waals surface area contributed by atoms with Crippen LogP contribution in [0.2, 0.25) is 0 Å². The minimum atomic E-state index is 0. The molecule has 0 bridgehead atoms. The standard InChI is InChI=1S/C12H15NOS.2C7H13N3.C2H6.2CH4/c1-3-13-10-8-9(2)4-5-11(10)15-7-6-12(13)14;1-6(8)3-7-4-10(2)5-9-7;1-6(8)3-7-4-9-5-10(7)2;1-2;;/h4-5,8H,3,6-7H2,1-2H3;2*4-6H,3,8H2,1-2H3;1-2H3;2*1H4/p+1. The lowest BCUT2D eigenvalue weighted by atomic mass is 10.2. The number of nitrogens with zero attached hydrogens (tertiary/aromatic N) is 4. The molecule has 5 N–H and O–H groups in total. The Morgan fingerprint density at radius 1 is 1.15 bits per heavy atom. The first-order valence-electron chi connectivity index (χ1n) is 13.1. The monoisotopic (exact) mass is 562 g/mol. The van der Waals surface area contributed by atoms with Gasteiger partial charge in [0.05, 0.1) is 19.1 Å². The van der Waals surface area contributed by atoms with Crippen LogP contribution in [0.3, 0.4) is 0 Å². The first kappa shape index (κ1) is 38.5. The predicted octanol–water partition coefficient (Wildman–Crippen LogP) is 5.18. The molecule has 4 rings (SSSR count). The van der Waals surface area contributed by atoms with Crippen LogP contribution in [0.4, 0.5) is 5.69 Å². The van der Waals surface area contributed by atoms with Gasteiger partial charge in [-0.2, -0.15) is 0 Å². The van der Waals surface area contributed by atoms with Gasteiger partial charge in [-0.15, -0.1) is 11.8 Å². The number of H-pyrrole nitrogens is 1. The van der Waals surface area contributed by atoms with Crippen LogP contribution < -0.4 is 20.9 Å². The molecule has 222 valence electrons. The Hall–Kier alpha value is -2.62.